The number of likely N-dealkylation sites (N-methyl/N-ethyl adjacent to an activating group) is 1. The molecule has 1 aromatic heterocycles. The van der Waals surface area contributed by atoms with Crippen LogP contribution in [0.2, 0.25) is 0 Å². The molecule has 0 aliphatic carbocycles. The lowest BCUT2D eigenvalue weighted by atomic mass is 10.2. The van der Waals surface area contributed by atoms with E-state index in [1.807, 2.05) is 6.92 Å². The summed E-state index contributed by atoms with van der Waals surface area (Å²) in [5, 5.41) is 0. The Morgan fingerprint density at radius 2 is 1.75 bits per heavy atom. The van der Waals surface area contributed by atoms with Gasteiger partial charge in [-0.05, 0) is 27.4 Å². The van der Waals surface area contributed by atoms with Crippen molar-refractivity contribution in [2.75, 3.05) is 44.4 Å². The molecule has 114 valence electrons. The summed E-state index contributed by atoms with van der Waals surface area (Å²) in [6.45, 7) is 11.3. The third-order valence-corrected chi connectivity index (χ3v) is 3.30. The van der Waals surface area contributed by atoms with Gasteiger partial charge in [-0.15, -0.1) is 0 Å². The minimum Gasteiger partial charge on any atom is -0.383 e. The zero-order valence-corrected chi connectivity index (χ0v) is 13.8. The van der Waals surface area contributed by atoms with Crippen LogP contribution in [0, 0.1) is 6.92 Å². The SMILES string of the molecule is CCCN(CCN(C)C)c1nc(C(C)C)nc(N)c1C. The molecule has 1 aromatic rings. The highest BCUT2D eigenvalue weighted by Gasteiger charge is 2.16. The Morgan fingerprint density at radius 3 is 2.25 bits per heavy atom. The van der Waals surface area contributed by atoms with E-state index in [1.165, 1.54) is 0 Å². The summed E-state index contributed by atoms with van der Waals surface area (Å²) in [4.78, 5) is 13.7. The Kier molecular flexibility index (Phi) is 6.20. The Labute approximate surface area is 123 Å². The number of nitrogens with zero attached hydrogens (tertiary/aromatic N) is 4. The number of nitrogen functional groups attached to an aromatic ring is 1. The zero-order valence-electron chi connectivity index (χ0n) is 13.8. The standard InChI is InChI=1S/C15H29N5/c1-7-8-20(10-9-19(5)6)15-12(4)13(16)17-14(18-15)11(2)3/h11H,7-10H2,1-6H3,(H2,16,17,18). The molecule has 5 heteroatoms. The number of rotatable bonds is 7. The molecule has 0 unspecified atom stereocenters. The van der Waals surface area contributed by atoms with Crippen LogP contribution in [0.1, 0.15) is 44.5 Å². The molecule has 0 aliphatic rings. The van der Waals surface area contributed by atoms with Gasteiger partial charge in [-0.3, -0.25) is 0 Å². The van der Waals surface area contributed by atoms with Crippen LogP contribution in [-0.4, -0.2) is 48.6 Å². The first-order chi connectivity index (χ1) is 9.36. The molecule has 1 heterocycles. The maximum absolute atomic E-state index is 6.06. The van der Waals surface area contributed by atoms with Gasteiger partial charge in [0.2, 0.25) is 0 Å². The van der Waals surface area contributed by atoms with Crippen LogP contribution in [-0.2, 0) is 0 Å². The number of aromatic nitrogens is 2. The minimum absolute atomic E-state index is 0.286. The lowest BCUT2D eigenvalue weighted by Crippen LogP contribution is -2.34. The lowest BCUT2D eigenvalue weighted by Gasteiger charge is -2.27. The van der Waals surface area contributed by atoms with Crippen LogP contribution in [0.25, 0.3) is 0 Å². The van der Waals surface area contributed by atoms with E-state index < -0.39 is 0 Å². The van der Waals surface area contributed by atoms with Crippen molar-refractivity contribution in [3.8, 4) is 0 Å². The second-order valence-electron chi connectivity index (χ2n) is 5.86. The van der Waals surface area contributed by atoms with Crippen LogP contribution in [0.4, 0.5) is 11.6 Å². The molecule has 1 rings (SSSR count). The Balaban J connectivity index is 3.10. The summed E-state index contributed by atoms with van der Waals surface area (Å²) in [5.74, 6) is 2.71. The lowest BCUT2D eigenvalue weighted by molar-refractivity contribution is 0.412. The smallest absolute Gasteiger partial charge is 0.137 e. The summed E-state index contributed by atoms with van der Waals surface area (Å²) in [6, 6.07) is 0. The molecule has 0 amide bonds. The predicted octanol–water partition coefficient (Wildman–Crippen LogP) is 2.27. The van der Waals surface area contributed by atoms with Gasteiger partial charge < -0.3 is 15.5 Å². The molecular formula is C15H29N5. The van der Waals surface area contributed by atoms with Gasteiger partial charge in [0.15, 0.2) is 0 Å². The van der Waals surface area contributed by atoms with Crippen LogP contribution >= 0.6 is 0 Å². The van der Waals surface area contributed by atoms with Crippen LogP contribution in [0.5, 0.6) is 0 Å². The average molecular weight is 279 g/mol. The third kappa shape index (κ3) is 4.34. The molecule has 0 spiro atoms. The highest BCUT2D eigenvalue weighted by atomic mass is 15.2. The second kappa shape index (κ2) is 7.43. The van der Waals surface area contributed by atoms with Gasteiger partial charge in [0.1, 0.15) is 17.5 Å². The Morgan fingerprint density at radius 1 is 1.10 bits per heavy atom. The van der Waals surface area contributed by atoms with E-state index in [9.17, 15) is 0 Å². The molecule has 0 saturated carbocycles. The predicted molar refractivity (Wildman–Crippen MR) is 86.3 cm³/mol. The van der Waals surface area contributed by atoms with Crippen molar-refractivity contribution >= 4 is 11.6 Å². The van der Waals surface area contributed by atoms with Crippen molar-refractivity contribution in [2.45, 2.75) is 40.0 Å². The fourth-order valence-electron chi connectivity index (χ4n) is 2.02. The summed E-state index contributed by atoms with van der Waals surface area (Å²) < 4.78 is 0. The molecule has 0 saturated heterocycles. The average Bonchev–Trinajstić information content (AvgIpc) is 2.37. The molecule has 2 N–H and O–H groups in total. The molecule has 0 bridgehead atoms. The highest BCUT2D eigenvalue weighted by Crippen LogP contribution is 2.24. The van der Waals surface area contributed by atoms with Gasteiger partial charge in [0.25, 0.3) is 0 Å². The van der Waals surface area contributed by atoms with E-state index in [2.05, 4.69) is 49.7 Å². The van der Waals surface area contributed by atoms with Crippen molar-refractivity contribution in [3.63, 3.8) is 0 Å². The van der Waals surface area contributed by atoms with E-state index in [1.54, 1.807) is 0 Å². The first-order valence-corrected chi connectivity index (χ1v) is 7.40. The molecule has 0 aliphatic heterocycles. The summed E-state index contributed by atoms with van der Waals surface area (Å²) in [6.07, 6.45) is 1.09. The van der Waals surface area contributed by atoms with Crippen molar-refractivity contribution in [2.24, 2.45) is 0 Å². The maximum Gasteiger partial charge on any atom is 0.137 e. The van der Waals surface area contributed by atoms with Crippen molar-refractivity contribution in [1.82, 2.24) is 14.9 Å². The molecule has 0 radical (unpaired) electrons. The van der Waals surface area contributed by atoms with Crippen LogP contribution < -0.4 is 10.6 Å². The van der Waals surface area contributed by atoms with Gasteiger partial charge in [-0.25, -0.2) is 9.97 Å². The second-order valence-corrected chi connectivity index (χ2v) is 5.86. The zero-order chi connectivity index (χ0) is 15.3. The van der Waals surface area contributed by atoms with Crippen LogP contribution in [0.15, 0.2) is 0 Å². The van der Waals surface area contributed by atoms with Gasteiger partial charge >= 0.3 is 0 Å². The fourth-order valence-corrected chi connectivity index (χ4v) is 2.02. The van der Waals surface area contributed by atoms with E-state index in [0.29, 0.717) is 5.82 Å². The number of nitrogens with two attached hydrogens (primary N) is 1. The van der Waals surface area contributed by atoms with Crippen molar-refractivity contribution in [3.05, 3.63) is 11.4 Å². The third-order valence-electron chi connectivity index (χ3n) is 3.30. The monoisotopic (exact) mass is 279 g/mol. The Hall–Kier alpha value is -1.36. The maximum atomic E-state index is 6.06. The number of anilines is 2. The first kappa shape index (κ1) is 16.7. The van der Waals surface area contributed by atoms with Crippen molar-refractivity contribution in [1.29, 1.82) is 0 Å². The summed E-state index contributed by atoms with van der Waals surface area (Å²) in [7, 11) is 4.18. The molecule has 0 fully saturated rings. The van der Waals surface area contributed by atoms with Gasteiger partial charge in [0.05, 0.1) is 0 Å². The highest BCUT2D eigenvalue weighted by molar-refractivity contribution is 5.56. The van der Waals surface area contributed by atoms with E-state index >= 15 is 0 Å². The Bertz CT molecular complexity index is 429. The quantitative estimate of drug-likeness (QED) is 0.829. The minimum atomic E-state index is 0.286. The van der Waals surface area contributed by atoms with E-state index in [4.69, 9.17) is 10.7 Å². The number of hydrogen-bond donors (Lipinski definition) is 1. The van der Waals surface area contributed by atoms with Crippen LogP contribution in [0.3, 0.4) is 0 Å². The number of hydrogen-bond acceptors (Lipinski definition) is 5. The molecule has 20 heavy (non-hydrogen) atoms. The van der Waals surface area contributed by atoms with Gasteiger partial charge in [-0.2, -0.15) is 0 Å². The summed E-state index contributed by atoms with van der Waals surface area (Å²) in [5.41, 5.74) is 7.05. The fraction of sp³-hybridized carbons (Fsp3) is 0.733. The molecule has 0 aromatic carbocycles. The van der Waals surface area contributed by atoms with Crippen molar-refractivity contribution < 1.29 is 0 Å². The summed E-state index contributed by atoms with van der Waals surface area (Å²) >= 11 is 0. The molecule has 5 nitrogen and oxygen atoms in total. The normalized spacial score (nSPS) is 11.4. The molecule has 0 atom stereocenters. The van der Waals surface area contributed by atoms with E-state index in [0.717, 1.165) is 43.3 Å². The first-order valence-electron chi connectivity index (χ1n) is 7.40. The topological polar surface area (TPSA) is 58.3 Å². The largest absolute Gasteiger partial charge is 0.383 e. The molecular weight excluding hydrogens is 250 g/mol. The van der Waals surface area contributed by atoms with Gasteiger partial charge in [-0.1, -0.05) is 20.8 Å². The van der Waals surface area contributed by atoms with Gasteiger partial charge in [0, 0.05) is 31.1 Å². The van der Waals surface area contributed by atoms with E-state index in [-0.39, 0.29) is 5.92 Å².